The third-order valence-electron chi connectivity index (χ3n) is 3.61. The van der Waals surface area contributed by atoms with Crippen LogP contribution in [0.5, 0.6) is 5.75 Å². The molecule has 0 spiro atoms. The van der Waals surface area contributed by atoms with Gasteiger partial charge in [-0.3, -0.25) is 0 Å². The number of hydrogen-bond donors (Lipinski definition) is 1. The molecule has 0 aliphatic carbocycles. The van der Waals surface area contributed by atoms with Gasteiger partial charge in [0, 0.05) is 4.47 Å². The Hall–Kier alpha value is -1.32. The van der Waals surface area contributed by atoms with E-state index in [1.54, 1.807) is 0 Å². The lowest BCUT2D eigenvalue weighted by Gasteiger charge is -2.19. The summed E-state index contributed by atoms with van der Waals surface area (Å²) in [7, 11) is 1.99. The van der Waals surface area contributed by atoms with Gasteiger partial charge in [0.2, 0.25) is 0 Å². The predicted molar refractivity (Wildman–Crippen MR) is 92.1 cm³/mol. The van der Waals surface area contributed by atoms with E-state index < -0.39 is 0 Å². The molecule has 112 valence electrons. The normalized spacial score (nSPS) is 12.2. The molecule has 0 heterocycles. The van der Waals surface area contributed by atoms with Crippen LogP contribution in [0.2, 0.25) is 0 Å². The summed E-state index contributed by atoms with van der Waals surface area (Å²) in [6.45, 7) is 6.95. The standard InChI is InChI=1S/C18H22BrNO/c1-5-21-16-8-6-14(7-9-16)18(20-4)15-10-12(2)17(19)13(3)11-15/h6-11,18,20H,5H2,1-4H3. The van der Waals surface area contributed by atoms with Gasteiger partial charge in [0.05, 0.1) is 12.6 Å². The molecule has 2 aromatic rings. The van der Waals surface area contributed by atoms with Gasteiger partial charge in [-0.25, -0.2) is 0 Å². The van der Waals surface area contributed by atoms with Crippen LogP contribution in [0.25, 0.3) is 0 Å². The quantitative estimate of drug-likeness (QED) is 0.840. The van der Waals surface area contributed by atoms with E-state index in [1.807, 2.05) is 26.1 Å². The fourth-order valence-corrected chi connectivity index (χ4v) is 2.82. The molecule has 0 aliphatic heterocycles. The van der Waals surface area contributed by atoms with Crippen LogP contribution >= 0.6 is 15.9 Å². The third-order valence-corrected chi connectivity index (χ3v) is 4.86. The Bertz CT molecular complexity index is 584. The minimum Gasteiger partial charge on any atom is -0.494 e. The van der Waals surface area contributed by atoms with Crippen molar-refractivity contribution >= 4 is 15.9 Å². The molecule has 0 aliphatic rings. The average molecular weight is 348 g/mol. The summed E-state index contributed by atoms with van der Waals surface area (Å²) in [5.41, 5.74) is 5.04. The lowest BCUT2D eigenvalue weighted by atomic mass is 9.95. The first-order chi connectivity index (χ1) is 10.1. The Balaban J connectivity index is 2.35. The number of halogens is 1. The maximum Gasteiger partial charge on any atom is 0.119 e. The highest BCUT2D eigenvalue weighted by atomic mass is 79.9. The van der Waals surface area contributed by atoms with Crippen LogP contribution in [0.1, 0.15) is 35.2 Å². The van der Waals surface area contributed by atoms with E-state index in [2.05, 4.69) is 59.4 Å². The van der Waals surface area contributed by atoms with Crippen molar-refractivity contribution in [2.45, 2.75) is 26.8 Å². The molecular weight excluding hydrogens is 326 g/mol. The van der Waals surface area contributed by atoms with Gasteiger partial charge in [0.25, 0.3) is 0 Å². The molecule has 2 nitrogen and oxygen atoms in total. The number of aryl methyl sites for hydroxylation is 2. The van der Waals surface area contributed by atoms with E-state index in [-0.39, 0.29) is 6.04 Å². The number of hydrogen-bond acceptors (Lipinski definition) is 2. The SMILES string of the molecule is CCOc1ccc(C(NC)c2cc(C)c(Br)c(C)c2)cc1. The molecule has 0 bridgehead atoms. The fraction of sp³-hybridized carbons (Fsp3) is 0.333. The molecule has 1 unspecified atom stereocenters. The molecule has 0 amide bonds. The zero-order chi connectivity index (χ0) is 15.4. The van der Waals surface area contributed by atoms with E-state index in [1.165, 1.54) is 26.7 Å². The fourth-order valence-electron chi connectivity index (χ4n) is 2.60. The highest BCUT2D eigenvalue weighted by Crippen LogP contribution is 2.29. The third kappa shape index (κ3) is 3.66. The number of rotatable bonds is 5. The van der Waals surface area contributed by atoms with Crippen LogP contribution in [0.4, 0.5) is 0 Å². The number of nitrogens with one attached hydrogen (secondary N) is 1. The molecule has 0 radical (unpaired) electrons. The van der Waals surface area contributed by atoms with Crippen LogP contribution in [0.15, 0.2) is 40.9 Å². The first-order valence-corrected chi connectivity index (χ1v) is 8.02. The van der Waals surface area contributed by atoms with Crippen molar-refractivity contribution in [2.75, 3.05) is 13.7 Å². The summed E-state index contributed by atoms with van der Waals surface area (Å²) in [5.74, 6) is 0.916. The summed E-state index contributed by atoms with van der Waals surface area (Å²) in [5, 5.41) is 3.40. The van der Waals surface area contributed by atoms with Crippen molar-refractivity contribution in [2.24, 2.45) is 0 Å². The van der Waals surface area contributed by atoms with Crippen molar-refractivity contribution in [3.63, 3.8) is 0 Å². The van der Waals surface area contributed by atoms with Gasteiger partial charge < -0.3 is 10.1 Å². The first kappa shape index (κ1) is 16.1. The predicted octanol–water partition coefficient (Wildman–Crippen LogP) is 4.77. The van der Waals surface area contributed by atoms with Gasteiger partial charge in [-0.1, -0.05) is 40.2 Å². The smallest absolute Gasteiger partial charge is 0.119 e. The van der Waals surface area contributed by atoms with Crippen LogP contribution in [0, 0.1) is 13.8 Å². The molecule has 0 saturated heterocycles. The molecular formula is C18H22BrNO. The van der Waals surface area contributed by atoms with Crippen LogP contribution in [0.3, 0.4) is 0 Å². The van der Waals surface area contributed by atoms with Gasteiger partial charge in [0.1, 0.15) is 5.75 Å². The zero-order valence-electron chi connectivity index (χ0n) is 13.0. The van der Waals surface area contributed by atoms with E-state index in [0.717, 1.165) is 5.75 Å². The van der Waals surface area contributed by atoms with Gasteiger partial charge in [-0.15, -0.1) is 0 Å². The molecule has 1 N–H and O–H groups in total. The van der Waals surface area contributed by atoms with Gasteiger partial charge in [0.15, 0.2) is 0 Å². The monoisotopic (exact) mass is 347 g/mol. The summed E-state index contributed by atoms with van der Waals surface area (Å²) in [6, 6.07) is 13.0. The Morgan fingerprint density at radius 3 is 2.10 bits per heavy atom. The molecule has 3 heteroatoms. The van der Waals surface area contributed by atoms with Crippen molar-refractivity contribution in [1.29, 1.82) is 0 Å². The minimum absolute atomic E-state index is 0.186. The Labute approximate surface area is 135 Å². The molecule has 0 fully saturated rings. The summed E-state index contributed by atoms with van der Waals surface area (Å²) in [4.78, 5) is 0. The average Bonchev–Trinajstić information content (AvgIpc) is 2.47. The minimum atomic E-state index is 0.186. The van der Waals surface area contributed by atoms with E-state index in [9.17, 15) is 0 Å². The number of ether oxygens (including phenoxy) is 1. The van der Waals surface area contributed by atoms with Crippen molar-refractivity contribution in [3.8, 4) is 5.75 Å². The Morgan fingerprint density at radius 2 is 1.62 bits per heavy atom. The largest absolute Gasteiger partial charge is 0.494 e. The molecule has 2 rings (SSSR count). The topological polar surface area (TPSA) is 21.3 Å². The highest BCUT2D eigenvalue weighted by molar-refractivity contribution is 9.10. The lowest BCUT2D eigenvalue weighted by Crippen LogP contribution is -2.18. The van der Waals surface area contributed by atoms with Crippen LogP contribution in [-0.2, 0) is 0 Å². The zero-order valence-corrected chi connectivity index (χ0v) is 14.6. The highest BCUT2D eigenvalue weighted by Gasteiger charge is 2.14. The van der Waals surface area contributed by atoms with Crippen LogP contribution in [-0.4, -0.2) is 13.7 Å². The molecule has 1 atom stereocenters. The number of benzene rings is 2. The summed E-state index contributed by atoms with van der Waals surface area (Å²) >= 11 is 3.63. The second kappa shape index (κ2) is 7.10. The van der Waals surface area contributed by atoms with Gasteiger partial charge >= 0.3 is 0 Å². The Morgan fingerprint density at radius 1 is 1.05 bits per heavy atom. The maximum atomic E-state index is 5.51. The van der Waals surface area contributed by atoms with Crippen molar-refractivity contribution < 1.29 is 4.74 Å². The van der Waals surface area contributed by atoms with Crippen LogP contribution < -0.4 is 10.1 Å². The Kier molecular flexibility index (Phi) is 5.43. The molecule has 0 saturated carbocycles. The molecule has 0 aromatic heterocycles. The van der Waals surface area contributed by atoms with Crippen molar-refractivity contribution in [1.82, 2.24) is 5.32 Å². The lowest BCUT2D eigenvalue weighted by molar-refractivity contribution is 0.340. The first-order valence-electron chi connectivity index (χ1n) is 7.23. The second-order valence-electron chi connectivity index (χ2n) is 5.19. The van der Waals surface area contributed by atoms with E-state index in [4.69, 9.17) is 4.74 Å². The van der Waals surface area contributed by atoms with Crippen molar-refractivity contribution in [3.05, 3.63) is 63.1 Å². The maximum absolute atomic E-state index is 5.51. The molecule has 2 aromatic carbocycles. The summed E-state index contributed by atoms with van der Waals surface area (Å²) < 4.78 is 6.70. The van der Waals surface area contributed by atoms with Gasteiger partial charge in [-0.2, -0.15) is 0 Å². The second-order valence-corrected chi connectivity index (χ2v) is 5.99. The van der Waals surface area contributed by atoms with Gasteiger partial charge in [-0.05, 0) is 62.2 Å². The van der Waals surface area contributed by atoms with E-state index >= 15 is 0 Å². The molecule has 21 heavy (non-hydrogen) atoms. The van der Waals surface area contributed by atoms with E-state index in [0.29, 0.717) is 6.61 Å². The summed E-state index contributed by atoms with van der Waals surface area (Å²) in [6.07, 6.45) is 0.